The van der Waals surface area contributed by atoms with Crippen LogP contribution in [0.4, 0.5) is 0 Å². The molecule has 1 saturated carbocycles. The summed E-state index contributed by atoms with van der Waals surface area (Å²) in [6.45, 7) is 8.72. The Labute approximate surface area is 151 Å². The summed E-state index contributed by atoms with van der Waals surface area (Å²) in [7, 11) is 0. The van der Waals surface area contributed by atoms with E-state index in [1.807, 2.05) is 4.90 Å². The highest BCUT2D eigenvalue weighted by Crippen LogP contribution is 2.41. The number of hydrogen-bond acceptors (Lipinski definition) is 3. The summed E-state index contributed by atoms with van der Waals surface area (Å²) in [6, 6.07) is 0.279. The molecule has 2 saturated heterocycles. The summed E-state index contributed by atoms with van der Waals surface area (Å²) in [5.41, 5.74) is 1.39. The van der Waals surface area contributed by atoms with Crippen LogP contribution in [0, 0.1) is 11.8 Å². The van der Waals surface area contributed by atoms with Crippen molar-refractivity contribution < 1.29 is 9.59 Å². The van der Waals surface area contributed by atoms with E-state index in [9.17, 15) is 9.59 Å². The van der Waals surface area contributed by atoms with Gasteiger partial charge in [-0.15, -0.1) is 0 Å². The quantitative estimate of drug-likeness (QED) is 0.718. The third-order valence-corrected chi connectivity index (χ3v) is 6.01. The van der Waals surface area contributed by atoms with E-state index >= 15 is 0 Å². The van der Waals surface area contributed by atoms with E-state index < -0.39 is 0 Å². The van der Waals surface area contributed by atoms with Crippen LogP contribution in [0.5, 0.6) is 0 Å². The lowest BCUT2D eigenvalue weighted by atomic mass is 9.98. The molecule has 25 heavy (non-hydrogen) atoms. The van der Waals surface area contributed by atoms with Gasteiger partial charge in [-0.05, 0) is 51.4 Å². The zero-order valence-corrected chi connectivity index (χ0v) is 15.8. The fourth-order valence-corrected chi connectivity index (χ4v) is 4.25. The number of piperidine rings is 1. The highest BCUT2D eigenvalue weighted by molar-refractivity contribution is 5.79. The summed E-state index contributed by atoms with van der Waals surface area (Å²) >= 11 is 0. The normalized spacial score (nSPS) is 28.5. The molecule has 1 aliphatic carbocycles. The van der Waals surface area contributed by atoms with Crippen molar-refractivity contribution in [1.82, 2.24) is 15.1 Å². The predicted octanol–water partition coefficient (Wildman–Crippen LogP) is 2.18. The van der Waals surface area contributed by atoms with Crippen LogP contribution in [0.3, 0.4) is 0 Å². The van der Waals surface area contributed by atoms with Crippen LogP contribution in [0.1, 0.15) is 52.4 Å². The first-order valence-electron chi connectivity index (χ1n) is 9.98. The van der Waals surface area contributed by atoms with Gasteiger partial charge in [0.15, 0.2) is 0 Å². The lowest BCUT2D eigenvalue weighted by molar-refractivity contribution is -0.133. The van der Waals surface area contributed by atoms with Crippen LogP contribution in [-0.4, -0.2) is 60.4 Å². The Bertz CT molecular complexity index is 527. The van der Waals surface area contributed by atoms with Gasteiger partial charge in [0.2, 0.25) is 11.8 Å². The molecule has 0 aromatic rings. The van der Waals surface area contributed by atoms with Gasteiger partial charge in [0, 0.05) is 51.6 Å². The van der Waals surface area contributed by atoms with Crippen LogP contribution < -0.4 is 5.32 Å². The molecule has 0 unspecified atom stereocenters. The fourth-order valence-electron chi connectivity index (χ4n) is 4.25. The molecule has 2 atom stereocenters. The summed E-state index contributed by atoms with van der Waals surface area (Å²) in [6.07, 6.45) is 7.95. The van der Waals surface area contributed by atoms with Gasteiger partial charge in [0.1, 0.15) is 0 Å². The Morgan fingerprint density at radius 1 is 1.28 bits per heavy atom. The molecule has 5 heteroatoms. The molecule has 3 fully saturated rings. The topological polar surface area (TPSA) is 52.7 Å². The second-order valence-corrected chi connectivity index (χ2v) is 8.09. The number of nitrogens with one attached hydrogen (secondary N) is 1. The van der Waals surface area contributed by atoms with Crippen molar-refractivity contribution in [1.29, 1.82) is 0 Å². The molecule has 2 aliphatic heterocycles. The highest BCUT2D eigenvalue weighted by Gasteiger charge is 2.42. The number of likely N-dealkylation sites (tertiary alicyclic amines) is 2. The van der Waals surface area contributed by atoms with Crippen LogP contribution >= 0.6 is 0 Å². The fraction of sp³-hybridized carbons (Fsp3) is 0.800. The molecule has 0 aromatic heterocycles. The maximum atomic E-state index is 12.4. The summed E-state index contributed by atoms with van der Waals surface area (Å²) in [5, 5.41) is 3.29. The number of carbonyl (C=O) groups excluding carboxylic acids is 2. The zero-order valence-electron chi connectivity index (χ0n) is 15.8. The molecular weight excluding hydrogens is 314 g/mol. The minimum Gasteiger partial charge on any atom is -0.352 e. The zero-order chi connectivity index (χ0) is 17.8. The van der Waals surface area contributed by atoms with Gasteiger partial charge in [-0.3, -0.25) is 14.5 Å². The van der Waals surface area contributed by atoms with Crippen molar-refractivity contribution >= 4 is 11.8 Å². The van der Waals surface area contributed by atoms with Gasteiger partial charge < -0.3 is 10.2 Å². The van der Waals surface area contributed by atoms with Gasteiger partial charge in [0.25, 0.3) is 0 Å². The van der Waals surface area contributed by atoms with Crippen molar-refractivity contribution in [2.24, 2.45) is 11.8 Å². The van der Waals surface area contributed by atoms with Crippen molar-refractivity contribution in [2.45, 2.75) is 58.4 Å². The Hall–Kier alpha value is -1.36. The molecule has 3 rings (SSSR count). The first-order valence-corrected chi connectivity index (χ1v) is 9.98. The minimum atomic E-state index is 0.110. The van der Waals surface area contributed by atoms with Crippen LogP contribution in [0.25, 0.3) is 0 Å². The van der Waals surface area contributed by atoms with Crippen molar-refractivity contribution in [3.63, 3.8) is 0 Å². The summed E-state index contributed by atoms with van der Waals surface area (Å²) in [5.74, 6) is 1.72. The average Bonchev–Trinajstić information content (AvgIpc) is 3.37. The first-order chi connectivity index (χ1) is 12.1. The van der Waals surface area contributed by atoms with Crippen molar-refractivity contribution in [2.75, 3.05) is 32.7 Å². The van der Waals surface area contributed by atoms with Gasteiger partial charge in [-0.2, -0.15) is 0 Å². The van der Waals surface area contributed by atoms with Gasteiger partial charge in [-0.1, -0.05) is 11.6 Å². The number of hydrogen-bond donors (Lipinski definition) is 1. The Morgan fingerprint density at radius 3 is 2.76 bits per heavy atom. The molecule has 3 aliphatic rings. The number of carbonyl (C=O) groups is 2. The van der Waals surface area contributed by atoms with Crippen LogP contribution in [0.15, 0.2) is 11.6 Å². The summed E-state index contributed by atoms with van der Waals surface area (Å²) in [4.78, 5) is 28.6. The number of rotatable bonds is 7. The number of allylic oxidation sites excluding steroid dienone is 1. The van der Waals surface area contributed by atoms with Crippen molar-refractivity contribution in [3.8, 4) is 0 Å². The first kappa shape index (κ1) is 18.4. The lowest BCUT2D eigenvalue weighted by Gasteiger charge is -2.27. The largest absolute Gasteiger partial charge is 0.352 e. The SMILES string of the molecule is C/C=C(\C)CN1C[C@@H](NC(=O)CCN2CCCCC2=O)[C@H](C2CC2)C1. The number of amides is 2. The second-order valence-electron chi connectivity index (χ2n) is 8.09. The Kier molecular flexibility index (Phi) is 6.15. The third kappa shape index (κ3) is 5.06. The lowest BCUT2D eigenvalue weighted by Crippen LogP contribution is -2.43. The molecule has 5 nitrogen and oxygen atoms in total. The second kappa shape index (κ2) is 8.35. The maximum Gasteiger partial charge on any atom is 0.222 e. The van der Waals surface area contributed by atoms with Crippen LogP contribution in [-0.2, 0) is 9.59 Å². The Morgan fingerprint density at radius 2 is 2.08 bits per heavy atom. The monoisotopic (exact) mass is 347 g/mol. The third-order valence-electron chi connectivity index (χ3n) is 6.01. The van der Waals surface area contributed by atoms with E-state index in [1.54, 1.807) is 0 Å². The molecule has 2 amide bonds. The van der Waals surface area contributed by atoms with Gasteiger partial charge in [0.05, 0.1) is 0 Å². The maximum absolute atomic E-state index is 12.4. The molecule has 0 spiro atoms. The molecular formula is C20H33N3O2. The molecule has 0 bridgehead atoms. The van der Waals surface area contributed by atoms with E-state index in [4.69, 9.17) is 0 Å². The van der Waals surface area contributed by atoms with E-state index in [-0.39, 0.29) is 17.9 Å². The minimum absolute atomic E-state index is 0.110. The van der Waals surface area contributed by atoms with Gasteiger partial charge >= 0.3 is 0 Å². The predicted molar refractivity (Wildman–Crippen MR) is 99.1 cm³/mol. The van der Waals surface area contributed by atoms with Gasteiger partial charge in [-0.25, -0.2) is 0 Å². The van der Waals surface area contributed by atoms with E-state index in [0.29, 0.717) is 25.3 Å². The Balaban J connectivity index is 1.47. The van der Waals surface area contributed by atoms with Crippen molar-refractivity contribution in [3.05, 3.63) is 11.6 Å². The van der Waals surface area contributed by atoms with E-state index in [0.717, 1.165) is 44.9 Å². The smallest absolute Gasteiger partial charge is 0.222 e. The van der Waals surface area contributed by atoms with E-state index in [2.05, 4.69) is 30.1 Å². The average molecular weight is 348 g/mol. The molecule has 2 heterocycles. The molecule has 0 aromatic carbocycles. The molecule has 140 valence electrons. The highest BCUT2D eigenvalue weighted by atomic mass is 16.2. The number of nitrogens with zero attached hydrogens (tertiary/aromatic N) is 2. The molecule has 0 radical (unpaired) electrons. The summed E-state index contributed by atoms with van der Waals surface area (Å²) < 4.78 is 0. The molecule has 1 N–H and O–H groups in total. The van der Waals surface area contributed by atoms with E-state index in [1.165, 1.54) is 18.4 Å². The standard InChI is InChI=1S/C20H33N3O2/c1-3-15(2)12-22-13-17(16-7-8-16)18(14-22)21-19(24)9-11-23-10-5-4-6-20(23)25/h3,16-18H,4-14H2,1-2H3,(H,21,24)/b15-3+/t17-,18+/m0/s1. The van der Waals surface area contributed by atoms with Crippen LogP contribution in [0.2, 0.25) is 0 Å².